The van der Waals surface area contributed by atoms with Crippen LogP contribution in [0.4, 0.5) is 0 Å². The first kappa shape index (κ1) is 16.3. The van der Waals surface area contributed by atoms with E-state index >= 15 is 0 Å². The Bertz CT molecular complexity index is 236. The summed E-state index contributed by atoms with van der Waals surface area (Å²) in [7, 11) is 0. The first-order valence-corrected chi connectivity index (χ1v) is 9.56. The summed E-state index contributed by atoms with van der Waals surface area (Å²) in [4.78, 5) is 0. The minimum absolute atomic E-state index is 0.829. The highest BCUT2D eigenvalue weighted by Crippen LogP contribution is 2.37. The smallest absolute Gasteiger partial charge is 0.00978 e. The molecular formula is C19H37N. The van der Waals surface area contributed by atoms with Crippen LogP contribution in [-0.4, -0.2) is 12.6 Å². The van der Waals surface area contributed by atoms with Crippen molar-refractivity contribution in [2.45, 2.75) is 96.9 Å². The molecule has 0 aromatic rings. The highest BCUT2D eigenvalue weighted by atomic mass is 14.9. The van der Waals surface area contributed by atoms with Crippen LogP contribution in [0.5, 0.6) is 0 Å². The monoisotopic (exact) mass is 279 g/mol. The Hall–Kier alpha value is -0.0400. The molecule has 1 atom stereocenters. The van der Waals surface area contributed by atoms with Crippen molar-refractivity contribution in [3.63, 3.8) is 0 Å². The molecule has 0 heterocycles. The van der Waals surface area contributed by atoms with Crippen molar-refractivity contribution < 1.29 is 0 Å². The van der Waals surface area contributed by atoms with E-state index in [1.165, 1.54) is 77.0 Å². The van der Waals surface area contributed by atoms with Gasteiger partial charge < -0.3 is 5.32 Å². The topological polar surface area (TPSA) is 12.0 Å². The van der Waals surface area contributed by atoms with Crippen LogP contribution in [0.2, 0.25) is 0 Å². The highest BCUT2D eigenvalue weighted by Gasteiger charge is 2.29. The predicted molar refractivity (Wildman–Crippen MR) is 89.0 cm³/mol. The van der Waals surface area contributed by atoms with E-state index in [1.54, 1.807) is 0 Å². The molecule has 0 bridgehead atoms. The predicted octanol–water partition coefficient (Wildman–Crippen LogP) is 5.54. The lowest BCUT2D eigenvalue weighted by Crippen LogP contribution is -2.39. The number of hydrogen-bond donors (Lipinski definition) is 1. The maximum Gasteiger partial charge on any atom is 0.00978 e. The second-order valence-corrected chi connectivity index (χ2v) is 7.47. The van der Waals surface area contributed by atoms with Crippen molar-refractivity contribution in [3.8, 4) is 0 Å². The van der Waals surface area contributed by atoms with Crippen molar-refractivity contribution in [1.82, 2.24) is 5.32 Å². The van der Waals surface area contributed by atoms with Gasteiger partial charge >= 0.3 is 0 Å². The van der Waals surface area contributed by atoms with Crippen LogP contribution in [-0.2, 0) is 0 Å². The number of unbranched alkanes of at least 4 members (excludes halogenated alkanes) is 1. The first-order chi connectivity index (χ1) is 9.83. The van der Waals surface area contributed by atoms with Crippen LogP contribution in [0.25, 0.3) is 0 Å². The Kier molecular flexibility index (Phi) is 7.41. The SMILES string of the molecule is CCCCC1CCC(C(CC2CCCC2)NCC)CC1. The van der Waals surface area contributed by atoms with Crippen LogP contribution in [0.15, 0.2) is 0 Å². The van der Waals surface area contributed by atoms with Gasteiger partial charge in [-0.25, -0.2) is 0 Å². The molecule has 2 rings (SSSR count). The molecule has 2 aliphatic carbocycles. The Balaban J connectivity index is 1.75. The second kappa shape index (κ2) is 9.07. The van der Waals surface area contributed by atoms with E-state index in [-0.39, 0.29) is 0 Å². The Morgan fingerprint density at radius 2 is 1.60 bits per heavy atom. The highest BCUT2D eigenvalue weighted by molar-refractivity contribution is 4.84. The van der Waals surface area contributed by atoms with Gasteiger partial charge in [-0.1, -0.05) is 71.6 Å². The van der Waals surface area contributed by atoms with Crippen molar-refractivity contribution in [2.24, 2.45) is 17.8 Å². The third-order valence-corrected chi connectivity index (χ3v) is 5.95. The van der Waals surface area contributed by atoms with Crippen LogP contribution in [0, 0.1) is 17.8 Å². The first-order valence-electron chi connectivity index (χ1n) is 9.56. The Morgan fingerprint density at radius 1 is 0.900 bits per heavy atom. The summed E-state index contributed by atoms with van der Waals surface area (Å²) in [5.74, 6) is 3.07. The maximum absolute atomic E-state index is 3.84. The van der Waals surface area contributed by atoms with Gasteiger partial charge in [0.15, 0.2) is 0 Å². The molecular weight excluding hydrogens is 242 g/mol. The van der Waals surface area contributed by atoms with Crippen molar-refractivity contribution in [1.29, 1.82) is 0 Å². The van der Waals surface area contributed by atoms with Crippen LogP contribution in [0.1, 0.15) is 90.9 Å². The molecule has 118 valence electrons. The summed E-state index contributed by atoms with van der Waals surface area (Å²) < 4.78 is 0. The lowest BCUT2D eigenvalue weighted by molar-refractivity contribution is 0.194. The van der Waals surface area contributed by atoms with E-state index in [2.05, 4.69) is 19.2 Å². The third kappa shape index (κ3) is 5.06. The molecule has 2 fully saturated rings. The van der Waals surface area contributed by atoms with E-state index in [0.29, 0.717) is 0 Å². The Labute approximate surface area is 127 Å². The minimum Gasteiger partial charge on any atom is -0.314 e. The fourth-order valence-corrected chi connectivity index (χ4v) is 4.68. The average Bonchev–Trinajstić information content (AvgIpc) is 2.98. The van der Waals surface area contributed by atoms with Gasteiger partial charge in [-0.2, -0.15) is 0 Å². The minimum atomic E-state index is 0.829. The van der Waals surface area contributed by atoms with Gasteiger partial charge in [-0.15, -0.1) is 0 Å². The van der Waals surface area contributed by atoms with Gasteiger partial charge in [0.1, 0.15) is 0 Å². The standard InChI is InChI=1S/C19H37N/c1-3-5-8-16-11-13-18(14-12-16)19(20-4-2)15-17-9-6-7-10-17/h16-20H,3-15H2,1-2H3. The molecule has 2 aliphatic rings. The number of rotatable bonds is 8. The maximum atomic E-state index is 3.84. The van der Waals surface area contributed by atoms with E-state index in [9.17, 15) is 0 Å². The summed E-state index contributed by atoms with van der Waals surface area (Å²) >= 11 is 0. The van der Waals surface area contributed by atoms with Gasteiger partial charge in [-0.3, -0.25) is 0 Å². The fraction of sp³-hybridized carbons (Fsp3) is 1.00. The van der Waals surface area contributed by atoms with Crippen molar-refractivity contribution >= 4 is 0 Å². The fourth-order valence-electron chi connectivity index (χ4n) is 4.68. The molecule has 1 N–H and O–H groups in total. The zero-order chi connectivity index (χ0) is 14.2. The molecule has 0 saturated heterocycles. The second-order valence-electron chi connectivity index (χ2n) is 7.47. The van der Waals surface area contributed by atoms with Crippen LogP contribution in [0.3, 0.4) is 0 Å². The summed E-state index contributed by atoms with van der Waals surface area (Å²) in [5, 5.41) is 3.84. The number of hydrogen-bond acceptors (Lipinski definition) is 1. The lowest BCUT2D eigenvalue weighted by Gasteiger charge is -2.35. The molecule has 0 aromatic carbocycles. The van der Waals surface area contributed by atoms with Crippen molar-refractivity contribution in [3.05, 3.63) is 0 Å². The van der Waals surface area contributed by atoms with E-state index in [1.807, 2.05) is 0 Å². The van der Waals surface area contributed by atoms with Gasteiger partial charge in [0, 0.05) is 6.04 Å². The third-order valence-electron chi connectivity index (χ3n) is 5.95. The van der Waals surface area contributed by atoms with E-state index in [4.69, 9.17) is 0 Å². The molecule has 0 aromatic heterocycles. The molecule has 20 heavy (non-hydrogen) atoms. The summed E-state index contributed by atoms with van der Waals surface area (Å²) in [5.41, 5.74) is 0. The van der Waals surface area contributed by atoms with Crippen LogP contribution >= 0.6 is 0 Å². The van der Waals surface area contributed by atoms with Crippen LogP contribution < -0.4 is 5.32 Å². The Morgan fingerprint density at radius 3 is 2.20 bits per heavy atom. The van der Waals surface area contributed by atoms with Gasteiger partial charge in [0.05, 0.1) is 0 Å². The quantitative estimate of drug-likeness (QED) is 0.615. The summed E-state index contributed by atoms with van der Waals surface area (Å²) in [6, 6.07) is 0.829. The summed E-state index contributed by atoms with van der Waals surface area (Å²) in [6.07, 6.45) is 17.8. The molecule has 0 radical (unpaired) electrons. The molecule has 1 unspecified atom stereocenters. The van der Waals surface area contributed by atoms with Gasteiger partial charge in [0.25, 0.3) is 0 Å². The summed E-state index contributed by atoms with van der Waals surface area (Å²) in [6.45, 7) is 5.77. The lowest BCUT2D eigenvalue weighted by atomic mass is 9.75. The normalized spacial score (nSPS) is 29.7. The van der Waals surface area contributed by atoms with Crippen molar-refractivity contribution in [2.75, 3.05) is 6.54 Å². The van der Waals surface area contributed by atoms with Gasteiger partial charge in [-0.05, 0) is 43.6 Å². The molecule has 1 heteroatoms. The molecule has 0 amide bonds. The molecule has 1 nitrogen and oxygen atoms in total. The van der Waals surface area contributed by atoms with E-state index in [0.717, 1.165) is 30.3 Å². The zero-order valence-corrected chi connectivity index (χ0v) is 14.0. The van der Waals surface area contributed by atoms with Gasteiger partial charge in [0.2, 0.25) is 0 Å². The van der Waals surface area contributed by atoms with E-state index < -0.39 is 0 Å². The number of nitrogens with one attached hydrogen (secondary N) is 1. The average molecular weight is 280 g/mol. The zero-order valence-electron chi connectivity index (χ0n) is 14.0. The molecule has 2 saturated carbocycles. The molecule has 0 aliphatic heterocycles. The molecule has 0 spiro atoms. The largest absolute Gasteiger partial charge is 0.314 e.